The lowest BCUT2D eigenvalue weighted by Gasteiger charge is -2.38. The second-order valence-electron chi connectivity index (χ2n) is 10.3. The molecule has 2 aromatic rings. The van der Waals surface area contributed by atoms with E-state index in [0.717, 1.165) is 35.2 Å². The summed E-state index contributed by atoms with van der Waals surface area (Å²) in [7, 11) is 1.56. The third-order valence-electron chi connectivity index (χ3n) is 8.13. The number of allylic oxidation sites excluding steroid dienone is 1. The molecule has 0 aliphatic carbocycles. The predicted molar refractivity (Wildman–Crippen MR) is 135 cm³/mol. The molecule has 7 heteroatoms. The standard InChI is InChI=1S/C29H30N2O5/c1-16-9-10-22-21(12-16)17(2)13-23-24-25(29(34)30(28(24)33)15-20-8-5-11-36-20)26(31(22)23)27(32)18-6-4-7-19(14-18)35-3/h4,6-7,9-10,12-14,20,23-26H,5,8,11,15H2,1-3H3/t20-,23+,24+,25-,26+/m0/s1. The summed E-state index contributed by atoms with van der Waals surface area (Å²) in [5, 5.41) is 0. The smallest absolute Gasteiger partial charge is 0.235 e. The number of methoxy groups -OCH3 is 1. The largest absolute Gasteiger partial charge is 0.497 e. The van der Waals surface area contributed by atoms with Crippen molar-refractivity contribution in [2.24, 2.45) is 11.8 Å². The molecule has 3 saturated heterocycles. The van der Waals surface area contributed by atoms with Crippen LogP contribution in [-0.2, 0) is 14.3 Å². The monoisotopic (exact) mass is 486 g/mol. The van der Waals surface area contributed by atoms with Crippen LogP contribution in [0.4, 0.5) is 5.69 Å². The zero-order valence-electron chi connectivity index (χ0n) is 20.8. The highest BCUT2D eigenvalue weighted by molar-refractivity contribution is 6.14. The van der Waals surface area contributed by atoms with Crippen LogP contribution in [0.2, 0.25) is 0 Å². The van der Waals surface area contributed by atoms with Gasteiger partial charge in [-0.1, -0.05) is 29.8 Å². The van der Waals surface area contributed by atoms with Gasteiger partial charge in [0.15, 0.2) is 5.78 Å². The van der Waals surface area contributed by atoms with E-state index in [0.29, 0.717) is 17.9 Å². The molecule has 3 fully saturated rings. The molecule has 0 bridgehead atoms. The molecular formula is C29H30N2O5. The Morgan fingerprint density at radius 3 is 2.64 bits per heavy atom. The molecule has 0 saturated carbocycles. The van der Waals surface area contributed by atoms with Crippen molar-refractivity contribution in [3.63, 3.8) is 0 Å². The summed E-state index contributed by atoms with van der Waals surface area (Å²) in [4.78, 5) is 45.2. The predicted octanol–water partition coefficient (Wildman–Crippen LogP) is 3.64. The summed E-state index contributed by atoms with van der Waals surface area (Å²) in [6, 6.07) is 12.0. The Balaban J connectivity index is 1.46. The minimum Gasteiger partial charge on any atom is -0.497 e. The molecule has 6 rings (SSSR count). The maximum atomic E-state index is 14.1. The summed E-state index contributed by atoms with van der Waals surface area (Å²) < 4.78 is 11.1. The maximum Gasteiger partial charge on any atom is 0.235 e. The van der Waals surface area contributed by atoms with Crippen LogP contribution in [-0.4, -0.2) is 60.9 Å². The number of nitrogens with zero attached hydrogens (tertiary/aromatic N) is 2. The van der Waals surface area contributed by atoms with E-state index in [1.54, 1.807) is 31.4 Å². The molecule has 5 atom stereocenters. The van der Waals surface area contributed by atoms with Gasteiger partial charge in [-0.25, -0.2) is 0 Å². The Labute approximate surface area is 210 Å². The fourth-order valence-corrected chi connectivity index (χ4v) is 6.44. The van der Waals surface area contributed by atoms with Crippen molar-refractivity contribution in [2.75, 3.05) is 25.2 Å². The van der Waals surface area contributed by atoms with E-state index in [2.05, 4.69) is 12.1 Å². The van der Waals surface area contributed by atoms with Gasteiger partial charge in [-0.05, 0) is 56.5 Å². The molecule has 4 aliphatic heterocycles. The van der Waals surface area contributed by atoms with E-state index in [-0.39, 0.29) is 36.3 Å². The highest BCUT2D eigenvalue weighted by atomic mass is 16.5. The molecular weight excluding hydrogens is 456 g/mol. The van der Waals surface area contributed by atoms with Gasteiger partial charge in [0.25, 0.3) is 0 Å². The van der Waals surface area contributed by atoms with Gasteiger partial charge in [0, 0.05) is 23.4 Å². The van der Waals surface area contributed by atoms with E-state index in [1.807, 2.05) is 30.9 Å². The Hall–Kier alpha value is -3.45. The van der Waals surface area contributed by atoms with Gasteiger partial charge in [-0.15, -0.1) is 0 Å². The van der Waals surface area contributed by atoms with Crippen molar-refractivity contribution in [1.29, 1.82) is 0 Å². The SMILES string of the molecule is COc1cccc(C(=O)[C@H]2[C@H]3C(=O)N(C[C@@H]4CCCO4)C(=O)[C@@H]3[C@H]3C=C(C)c4cc(C)ccc4N32)c1. The summed E-state index contributed by atoms with van der Waals surface area (Å²) in [6.45, 7) is 4.98. The highest BCUT2D eigenvalue weighted by Crippen LogP contribution is 2.50. The molecule has 2 amide bonds. The van der Waals surface area contributed by atoms with Gasteiger partial charge < -0.3 is 14.4 Å². The van der Waals surface area contributed by atoms with Crippen LogP contribution in [0, 0.1) is 18.8 Å². The van der Waals surface area contributed by atoms with Gasteiger partial charge in [0.2, 0.25) is 11.8 Å². The number of likely N-dealkylation sites (tertiary alicyclic amines) is 1. The molecule has 4 aliphatic rings. The first-order chi connectivity index (χ1) is 17.4. The summed E-state index contributed by atoms with van der Waals surface area (Å²) in [6.07, 6.45) is 3.70. The van der Waals surface area contributed by atoms with Gasteiger partial charge in [-0.3, -0.25) is 19.3 Å². The van der Waals surface area contributed by atoms with Gasteiger partial charge in [-0.2, -0.15) is 0 Å². The number of hydrogen-bond acceptors (Lipinski definition) is 6. The number of fused-ring (bicyclic) bond motifs is 5. The van der Waals surface area contributed by atoms with Crippen molar-refractivity contribution < 1.29 is 23.9 Å². The fourth-order valence-electron chi connectivity index (χ4n) is 6.44. The molecule has 0 N–H and O–H groups in total. The number of rotatable bonds is 5. The third-order valence-corrected chi connectivity index (χ3v) is 8.13. The number of imide groups is 1. The zero-order valence-corrected chi connectivity index (χ0v) is 20.8. The summed E-state index contributed by atoms with van der Waals surface area (Å²) in [5.41, 5.74) is 4.57. The number of amides is 2. The highest BCUT2D eigenvalue weighted by Gasteiger charge is 2.64. The van der Waals surface area contributed by atoms with Crippen molar-refractivity contribution in [3.8, 4) is 5.75 Å². The number of anilines is 1. The Bertz CT molecular complexity index is 1290. The number of carbonyl (C=O) groups excluding carboxylic acids is 3. The van der Waals surface area contributed by atoms with Crippen LogP contribution in [0.15, 0.2) is 48.5 Å². The molecule has 4 heterocycles. The molecule has 0 radical (unpaired) electrons. The number of aryl methyl sites for hydroxylation is 1. The minimum atomic E-state index is -0.788. The zero-order chi connectivity index (χ0) is 25.1. The van der Waals surface area contributed by atoms with E-state index < -0.39 is 17.9 Å². The lowest BCUT2D eigenvalue weighted by molar-refractivity contribution is -0.142. The quantitative estimate of drug-likeness (QED) is 0.475. The van der Waals surface area contributed by atoms with Crippen LogP contribution < -0.4 is 9.64 Å². The molecule has 0 unspecified atom stereocenters. The maximum absolute atomic E-state index is 14.1. The van der Waals surface area contributed by atoms with Crippen molar-refractivity contribution in [2.45, 2.75) is 44.9 Å². The van der Waals surface area contributed by atoms with E-state index in [9.17, 15) is 14.4 Å². The number of benzene rings is 2. The van der Waals surface area contributed by atoms with Gasteiger partial charge in [0.1, 0.15) is 11.8 Å². The van der Waals surface area contributed by atoms with Crippen LogP contribution in [0.1, 0.15) is 41.3 Å². The van der Waals surface area contributed by atoms with E-state index >= 15 is 0 Å². The molecule has 36 heavy (non-hydrogen) atoms. The van der Waals surface area contributed by atoms with Crippen molar-refractivity contribution in [3.05, 3.63) is 65.2 Å². The Kier molecular flexibility index (Phi) is 5.48. The molecule has 186 valence electrons. The van der Waals surface area contributed by atoms with Crippen LogP contribution >= 0.6 is 0 Å². The number of ether oxygens (including phenoxy) is 2. The van der Waals surface area contributed by atoms with Gasteiger partial charge in [0.05, 0.1) is 37.6 Å². The fraction of sp³-hybridized carbons (Fsp3) is 0.414. The lowest BCUT2D eigenvalue weighted by atomic mass is 9.85. The Morgan fingerprint density at radius 1 is 1.08 bits per heavy atom. The average molecular weight is 487 g/mol. The molecule has 0 aromatic heterocycles. The second-order valence-corrected chi connectivity index (χ2v) is 10.3. The minimum absolute atomic E-state index is 0.132. The van der Waals surface area contributed by atoms with E-state index in [4.69, 9.17) is 9.47 Å². The third kappa shape index (κ3) is 3.40. The number of carbonyl (C=O) groups is 3. The number of ketones is 1. The van der Waals surface area contributed by atoms with E-state index in [1.165, 1.54) is 4.90 Å². The summed E-state index contributed by atoms with van der Waals surface area (Å²) in [5.74, 6) is -1.43. The van der Waals surface area contributed by atoms with Crippen LogP contribution in [0.5, 0.6) is 5.75 Å². The first kappa shape index (κ1) is 23.0. The lowest BCUT2D eigenvalue weighted by Crippen LogP contribution is -2.50. The molecule has 7 nitrogen and oxygen atoms in total. The number of Topliss-reactive ketones (excluding diaryl/α,β-unsaturated/α-hetero) is 1. The van der Waals surface area contributed by atoms with Crippen molar-refractivity contribution >= 4 is 28.9 Å². The first-order valence-electron chi connectivity index (χ1n) is 12.6. The normalized spacial score (nSPS) is 28.6. The topological polar surface area (TPSA) is 76.1 Å². The van der Waals surface area contributed by atoms with Gasteiger partial charge >= 0.3 is 0 Å². The second kappa shape index (κ2) is 8.59. The summed E-state index contributed by atoms with van der Waals surface area (Å²) >= 11 is 0. The average Bonchev–Trinajstić information content (AvgIpc) is 3.57. The molecule has 0 spiro atoms. The molecule has 2 aromatic carbocycles. The Morgan fingerprint density at radius 2 is 1.89 bits per heavy atom. The van der Waals surface area contributed by atoms with Crippen LogP contribution in [0.25, 0.3) is 5.57 Å². The van der Waals surface area contributed by atoms with Crippen LogP contribution in [0.3, 0.4) is 0 Å². The number of hydrogen-bond donors (Lipinski definition) is 0. The van der Waals surface area contributed by atoms with Crippen molar-refractivity contribution in [1.82, 2.24) is 4.90 Å². The first-order valence-corrected chi connectivity index (χ1v) is 12.6.